The molecule has 1 amide bonds. The highest BCUT2D eigenvalue weighted by molar-refractivity contribution is 7.13. The second-order valence-corrected chi connectivity index (χ2v) is 6.55. The Kier molecular flexibility index (Phi) is 5.30. The summed E-state index contributed by atoms with van der Waals surface area (Å²) in [5.74, 6) is 0.463. The monoisotopic (exact) mass is 353 g/mol. The average Bonchev–Trinajstić information content (AvgIpc) is 3.09. The second kappa shape index (κ2) is 7.81. The number of nitrogens with zero attached hydrogens (tertiary/aromatic N) is 1. The molecule has 25 heavy (non-hydrogen) atoms. The van der Waals surface area contributed by atoms with E-state index in [9.17, 15) is 4.79 Å². The highest BCUT2D eigenvalue weighted by Gasteiger charge is 2.11. The highest BCUT2D eigenvalue weighted by atomic mass is 32.1. The lowest BCUT2D eigenvalue weighted by Gasteiger charge is -2.15. The van der Waals surface area contributed by atoms with Gasteiger partial charge < -0.3 is 15.4 Å². The maximum atomic E-state index is 12.6. The van der Waals surface area contributed by atoms with Gasteiger partial charge in [0, 0.05) is 22.8 Å². The molecule has 3 aromatic rings. The number of nitrogens with one attached hydrogen (secondary N) is 2. The molecule has 0 aliphatic heterocycles. The molecule has 2 N–H and O–H groups in total. The van der Waals surface area contributed by atoms with Crippen molar-refractivity contribution in [2.75, 3.05) is 10.6 Å². The Balaban J connectivity index is 1.76. The molecule has 1 aromatic heterocycles. The van der Waals surface area contributed by atoms with E-state index in [2.05, 4.69) is 15.6 Å². The third-order valence-electron chi connectivity index (χ3n) is 3.31. The van der Waals surface area contributed by atoms with Crippen LogP contribution >= 0.6 is 11.3 Å². The molecule has 0 atom stereocenters. The van der Waals surface area contributed by atoms with Crippen LogP contribution in [0, 0.1) is 0 Å². The van der Waals surface area contributed by atoms with Gasteiger partial charge in [0.2, 0.25) is 0 Å². The van der Waals surface area contributed by atoms with Crippen molar-refractivity contribution >= 4 is 33.8 Å². The molecule has 1 heterocycles. The Morgan fingerprint density at radius 1 is 1.16 bits per heavy atom. The summed E-state index contributed by atoms with van der Waals surface area (Å²) < 4.78 is 5.74. The maximum Gasteiger partial charge on any atom is 0.255 e. The SMILES string of the molecule is CC(C)Oc1ccccc1NC(=O)c1cccc(Nc2nccs2)c1. The molecule has 0 fully saturated rings. The van der Waals surface area contributed by atoms with Crippen molar-refractivity contribution in [1.29, 1.82) is 0 Å². The molecule has 0 unspecified atom stereocenters. The first-order valence-corrected chi connectivity index (χ1v) is 8.83. The van der Waals surface area contributed by atoms with E-state index in [0.29, 0.717) is 17.0 Å². The van der Waals surface area contributed by atoms with Crippen molar-refractivity contribution < 1.29 is 9.53 Å². The van der Waals surface area contributed by atoms with Crippen LogP contribution in [0.25, 0.3) is 0 Å². The van der Waals surface area contributed by atoms with Crippen LogP contribution in [0.3, 0.4) is 0 Å². The molecule has 0 radical (unpaired) electrons. The first-order chi connectivity index (χ1) is 12.1. The lowest BCUT2D eigenvalue weighted by atomic mass is 10.2. The lowest BCUT2D eigenvalue weighted by molar-refractivity contribution is 0.102. The van der Waals surface area contributed by atoms with Crippen molar-refractivity contribution in [2.45, 2.75) is 20.0 Å². The Bertz CT molecular complexity index is 847. The Labute approximate surface area is 150 Å². The number of benzene rings is 2. The summed E-state index contributed by atoms with van der Waals surface area (Å²) in [7, 11) is 0. The van der Waals surface area contributed by atoms with Crippen LogP contribution in [0.2, 0.25) is 0 Å². The fourth-order valence-electron chi connectivity index (χ4n) is 2.27. The van der Waals surface area contributed by atoms with E-state index in [0.717, 1.165) is 10.8 Å². The van der Waals surface area contributed by atoms with Crippen molar-refractivity contribution in [1.82, 2.24) is 4.98 Å². The molecule has 0 saturated carbocycles. The van der Waals surface area contributed by atoms with Crippen LogP contribution in [0.15, 0.2) is 60.1 Å². The summed E-state index contributed by atoms with van der Waals surface area (Å²) in [6.45, 7) is 3.90. The zero-order valence-corrected chi connectivity index (χ0v) is 14.8. The Morgan fingerprint density at radius 2 is 2.00 bits per heavy atom. The van der Waals surface area contributed by atoms with Crippen LogP contribution in [-0.4, -0.2) is 17.0 Å². The normalized spacial score (nSPS) is 10.5. The molecule has 2 aromatic carbocycles. The van der Waals surface area contributed by atoms with Gasteiger partial charge in [0.1, 0.15) is 5.75 Å². The molecule has 5 nitrogen and oxygen atoms in total. The molecular formula is C19H19N3O2S. The molecule has 0 aliphatic carbocycles. The van der Waals surface area contributed by atoms with Crippen molar-refractivity contribution in [3.63, 3.8) is 0 Å². The third kappa shape index (κ3) is 4.58. The van der Waals surface area contributed by atoms with Crippen LogP contribution in [0.4, 0.5) is 16.5 Å². The molecule has 0 spiro atoms. The van der Waals surface area contributed by atoms with Crippen LogP contribution in [0.1, 0.15) is 24.2 Å². The third-order valence-corrected chi connectivity index (χ3v) is 3.99. The average molecular weight is 353 g/mol. The topological polar surface area (TPSA) is 63.2 Å². The fraction of sp³-hybridized carbons (Fsp3) is 0.158. The number of rotatable bonds is 6. The standard InChI is InChI=1S/C19H19N3O2S/c1-13(2)24-17-9-4-3-8-16(17)22-18(23)14-6-5-7-15(12-14)21-19-20-10-11-25-19/h3-13H,1-2H3,(H,20,21)(H,22,23). The summed E-state index contributed by atoms with van der Waals surface area (Å²) >= 11 is 1.50. The van der Waals surface area contributed by atoms with Crippen molar-refractivity contribution in [3.8, 4) is 5.75 Å². The molecule has 0 aliphatic rings. The van der Waals surface area contributed by atoms with Gasteiger partial charge in [0.05, 0.1) is 11.8 Å². The summed E-state index contributed by atoms with van der Waals surface area (Å²) in [5.41, 5.74) is 2.02. The highest BCUT2D eigenvalue weighted by Crippen LogP contribution is 2.26. The minimum Gasteiger partial charge on any atom is -0.489 e. The predicted octanol–water partition coefficient (Wildman–Crippen LogP) is 4.93. The van der Waals surface area contributed by atoms with Gasteiger partial charge in [-0.25, -0.2) is 4.98 Å². The molecule has 128 valence electrons. The number of hydrogen-bond acceptors (Lipinski definition) is 5. The van der Waals surface area contributed by atoms with Gasteiger partial charge in [-0.3, -0.25) is 4.79 Å². The summed E-state index contributed by atoms with van der Waals surface area (Å²) in [5, 5.41) is 8.78. The van der Waals surface area contributed by atoms with Gasteiger partial charge in [0.15, 0.2) is 5.13 Å². The predicted molar refractivity (Wildman–Crippen MR) is 102 cm³/mol. The molecule has 6 heteroatoms. The number of hydrogen-bond donors (Lipinski definition) is 2. The quantitative estimate of drug-likeness (QED) is 0.660. The van der Waals surface area contributed by atoms with E-state index >= 15 is 0 Å². The summed E-state index contributed by atoms with van der Waals surface area (Å²) in [4.78, 5) is 16.8. The van der Waals surface area contributed by atoms with E-state index in [1.54, 1.807) is 18.3 Å². The molecule has 0 bridgehead atoms. The van der Waals surface area contributed by atoms with Gasteiger partial charge in [-0.2, -0.15) is 0 Å². The van der Waals surface area contributed by atoms with E-state index in [4.69, 9.17) is 4.74 Å². The number of aromatic nitrogens is 1. The minimum absolute atomic E-state index is 0.0314. The van der Waals surface area contributed by atoms with Gasteiger partial charge in [-0.1, -0.05) is 18.2 Å². The zero-order chi connectivity index (χ0) is 17.6. The van der Waals surface area contributed by atoms with E-state index in [-0.39, 0.29) is 12.0 Å². The van der Waals surface area contributed by atoms with Crippen LogP contribution in [-0.2, 0) is 0 Å². The van der Waals surface area contributed by atoms with Crippen LogP contribution < -0.4 is 15.4 Å². The van der Waals surface area contributed by atoms with Gasteiger partial charge >= 0.3 is 0 Å². The van der Waals surface area contributed by atoms with Gasteiger partial charge in [0.25, 0.3) is 5.91 Å². The Morgan fingerprint density at radius 3 is 2.76 bits per heavy atom. The first kappa shape index (κ1) is 17.0. The number of thiazole rings is 1. The lowest BCUT2D eigenvalue weighted by Crippen LogP contribution is -2.14. The molecular weight excluding hydrogens is 334 g/mol. The number of carbonyl (C=O) groups is 1. The van der Waals surface area contributed by atoms with Gasteiger partial charge in [-0.15, -0.1) is 11.3 Å². The number of carbonyl (C=O) groups excluding carboxylic acids is 1. The fourth-order valence-corrected chi connectivity index (χ4v) is 2.82. The molecule has 3 rings (SSSR count). The number of ether oxygens (including phenoxy) is 1. The summed E-state index contributed by atoms with van der Waals surface area (Å²) in [6.07, 6.45) is 1.76. The minimum atomic E-state index is -0.192. The molecule has 0 saturated heterocycles. The zero-order valence-electron chi connectivity index (χ0n) is 14.0. The smallest absolute Gasteiger partial charge is 0.255 e. The first-order valence-electron chi connectivity index (χ1n) is 7.95. The second-order valence-electron chi connectivity index (χ2n) is 5.66. The Hall–Kier alpha value is -2.86. The van der Waals surface area contributed by atoms with E-state index in [1.807, 2.05) is 55.6 Å². The van der Waals surface area contributed by atoms with Crippen LogP contribution in [0.5, 0.6) is 5.75 Å². The van der Waals surface area contributed by atoms with Crippen molar-refractivity contribution in [2.24, 2.45) is 0 Å². The van der Waals surface area contributed by atoms with Gasteiger partial charge in [-0.05, 0) is 44.2 Å². The number of anilines is 3. The number of para-hydroxylation sites is 2. The van der Waals surface area contributed by atoms with Crippen molar-refractivity contribution in [3.05, 3.63) is 65.7 Å². The maximum absolute atomic E-state index is 12.6. The van der Waals surface area contributed by atoms with E-state index in [1.165, 1.54) is 11.3 Å². The number of amides is 1. The summed E-state index contributed by atoms with van der Waals surface area (Å²) in [6, 6.07) is 14.7. The van der Waals surface area contributed by atoms with E-state index < -0.39 is 0 Å². The largest absolute Gasteiger partial charge is 0.489 e.